The largest absolute Gasteiger partial charge is 0.481 e. The summed E-state index contributed by atoms with van der Waals surface area (Å²) in [7, 11) is -3.48. The molecule has 22 heavy (non-hydrogen) atoms. The van der Waals surface area contributed by atoms with Gasteiger partial charge in [-0.1, -0.05) is 0 Å². The van der Waals surface area contributed by atoms with Gasteiger partial charge in [0, 0.05) is 25.8 Å². The topological polar surface area (TPSA) is 105 Å². The molecular weight excluding hydrogens is 310 g/mol. The summed E-state index contributed by atoms with van der Waals surface area (Å²) >= 11 is 0. The molecule has 0 aliphatic carbocycles. The average molecular weight is 329 g/mol. The van der Waals surface area contributed by atoms with Crippen molar-refractivity contribution in [2.45, 2.75) is 30.8 Å². The molecule has 1 unspecified atom stereocenters. The standard InChI is InChI=1S/C14H19NO6S/c1-22(19,20)13-7-5-11(21-13)14(18)15-8-2-3-10(9-15)4-6-12(16)17/h5,7,10H,2-4,6,8-9H2,1H3,(H,16,17). The minimum atomic E-state index is -3.48. The Bertz CT molecular complexity index is 663. The summed E-state index contributed by atoms with van der Waals surface area (Å²) in [6.45, 7) is 1.04. The molecule has 1 fully saturated rings. The number of aliphatic carboxylic acids is 1. The number of piperidine rings is 1. The van der Waals surface area contributed by atoms with E-state index in [0.717, 1.165) is 19.1 Å². The van der Waals surface area contributed by atoms with E-state index in [0.29, 0.717) is 19.5 Å². The lowest BCUT2D eigenvalue weighted by Gasteiger charge is -2.32. The quantitative estimate of drug-likeness (QED) is 0.875. The Morgan fingerprint density at radius 3 is 2.73 bits per heavy atom. The molecule has 7 nitrogen and oxygen atoms in total. The second kappa shape index (κ2) is 6.51. The fraction of sp³-hybridized carbons (Fsp3) is 0.571. The summed E-state index contributed by atoms with van der Waals surface area (Å²) in [5.41, 5.74) is 0. The van der Waals surface area contributed by atoms with Crippen LogP contribution in [0.25, 0.3) is 0 Å². The molecule has 1 aromatic rings. The molecule has 2 heterocycles. The van der Waals surface area contributed by atoms with Gasteiger partial charge in [-0.05, 0) is 37.3 Å². The lowest BCUT2D eigenvalue weighted by atomic mass is 9.93. The fourth-order valence-corrected chi connectivity index (χ4v) is 3.16. The number of hydrogen-bond donors (Lipinski definition) is 1. The molecule has 0 spiro atoms. The molecule has 0 bridgehead atoms. The Morgan fingerprint density at radius 1 is 1.41 bits per heavy atom. The molecule has 122 valence electrons. The fourth-order valence-electron chi connectivity index (χ4n) is 2.60. The highest BCUT2D eigenvalue weighted by molar-refractivity contribution is 7.90. The van der Waals surface area contributed by atoms with Crippen molar-refractivity contribution in [3.8, 4) is 0 Å². The Labute approximate surface area is 128 Å². The highest BCUT2D eigenvalue weighted by Crippen LogP contribution is 2.23. The van der Waals surface area contributed by atoms with Crippen LogP contribution in [-0.4, -0.2) is 49.6 Å². The highest BCUT2D eigenvalue weighted by Gasteiger charge is 2.27. The van der Waals surface area contributed by atoms with Crippen LogP contribution in [0.5, 0.6) is 0 Å². The lowest BCUT2D eigenvalue weighted by Crippen LogP contribution is -2.39. The van der Waals surface area contributed by atoms with Crippen LogP contribution in [0.2, 0.25) is 0 Å². The Morgan fingerprint density at radius 2 is 2.14 bits per heavy atom. The van der Waals surface area contributed by atoms with Gasteiger partial charge in [0.2, 0.25) is 14.9 Å². The second-order valence-corrected chi connectivity index (χ2v) is 7.53. The van der Waals surface area contributed by atoms with E-state index in [9.17, 15) is 18.0 Å². The van der Waals surface area contributed by atoms with Crippen LogP contribution in [-0.2, 0) is 14.6 Å². The van der Waals surface area contributed by atoms with Crippen LogP contribution < -0.4 is 0 Å². The van der Waals surface area contributed by atoms with Crippen molar-refractivity contribution in [3.63, 3.8) is 0 Å². The average Bonchev–Trinajstić information content (AvgIpc) is 2.94. The summed E-state index contributed by atoms with van der Waals surface area (Å²) in [6.07, 6.45) is 3.33. The number of amides is 1. The normalized spacial score (nSPS) is 19.1. The van der Waals surface area contributed by atoms with E-state index in [-0.39, 0.29) is 29.1 Å². The number of carboxylic acid groups (broad SMARTS) is 1. The zero-order valence-electron chi connectivity index (χ0n) is 12.3. The first-order valence-corrected chi connectivity index (χ1v) is 8.97. The van der Waals surface area contributed by atoms with Crippen LogP contribution in [0, 0.1) is 5.92 Å². The molecule has 2 rings (SSSR count). The van der Waals surface area contributed by atoms with Crippen molar-refractivity contribution in [2.75, 3.05) is 19.3 Å². The van der Waals surface area contributed by atoms with Gasteiger partial charge >= 0.3 is 5.97 Å². The molecule has 1 N–H and O–H groups in total. The van der Waals surface area contributed by atoms with Crippen LogP contribution in [0.15, 0.2) is 21.6 Å². The Hall–Kier alpha value is -1.83. The lowest BCUT2D eigenvalue weighted by molar-refractivity contribution is -0.137. The number of sulfone groups is 1. The molecule has 1 aromatic heterocycles. The van der Waals surface area contributed by atoms with Crippen LogP contribution in [0.3, 0.4) is 0 Å². The van der Waals surface area contributed by atoms with Crippen molar-refractivity contribution in [1.29, 1.82) is 0 Å². The molecule has 0 saturated carbocycles. The van der Waals surface area contributed by atoms with Gasteiger partial charge in [0.05, 0.1) is 0 Å². The molecule has 0 aromatic carbocycles. The predicted octanol–water partition coefficient (Wildman–Crippen LogP) is 1.40. The van der Waals surface area contributed by atoms with Crippen LogP contribution >= 0.6 is 0 Å². The van der Waals surface area contributed by atoms with E-state index in [1.54, 1.807) is 4.90 Å². The minimum absolute atomic E-state index is 0.000639. The maximum atomic E-state index is 12.3. The Kier molecular flexibility index (Phi) is 4.90. The van der Waals surface area contributed by atoms with E-state index < -0.39 is 15.8 Å². The van der Waals surface area contributed by atoms with Crippen LogP contribution in [0.4, 0.5) is 0 Å². The van der Waals surface area contributed by atoms with E-state index in [1.807, 2.05) is 0 Å². The van der Waals surface area contributed by atoms with Crippen molar-refractivity contribution < 1.29 is 27.5 Å². The number of likely N-dealkylation sites (tertiary alicyclic amines) is 1. The van der Waals surface area contributed by atoms with E-state index in [4.69, 9.17) is 9.52 Å². The molecule has 1 saturated heterocycles. The molecule has 0 radical (unpaired) electrons. The zero-order valence-corrected chi connectivity index (χ0v) is 13.1. The van der Waals surface area contributed by atoms with Crippen molar-refractivity contribution in [1.82, 2.24) is 4.90 Å². The Balaban J connectivity index is 2.02. The number of carbonyl (C=O) groups is 2. The van der Waals surface area contributed by atoms with Crippen LogP contribution in [0.1, 0.15) is 36.2 Å². The van der Waals surface area contributed by atoms with Crippen molar-refractivity contribution in [2.24, 2.45) is 5.92 Å². The maximum absolute atomic E-state index is 12.3. The van der Waals surface area contributed by atoms with Gasteiger partial charge in [-0.15, -0.1) is 0 Å². The summed E-state index contributed by atoms with van der Waals surface area (Å²) in [5.74, 6) is -1.04. The molecule has 1 aliphatic rings. The monoisotopic (exact) mass is 329 g/mol. The van der Waals surface area contributed by atoms with Gasteiger partial charge in [-0.25, -0.2) is 8.42 Å². The van der Waals surface area contributed by atoms with Gasteiger partial charge in [0.15, 0.2) is 5.76 Å². The van der Waals surface area contributed by atoms with E-state index in [1.165, 1.54) is 12.1 Å². The maximum Gasteiger partial charge on any atom is 0.303 e. The third-order valence-electron chi connectivity index (χ3n) is 3.73. The molecule has 1 amide bonds. The summed E-state index contributed by atoms with van der Waals surface area (Å²) in [5, 5.41) is 8.50. The molecule has 8 heteroatoms. The summed E-state index contributed by atoms with van der Waals surface area (Å²) < 4.78 is 27.9. The number of carbonyl (C=O) groups excluding carboxylic acids is 1. The summed E-state index contributed by atoms with van der Waals surface area (Å²) in [4.78, 5) is 24.6. The summed E-state index contributed by atoms with van der Waals surface area (Å²) in [6, 6.07) is 2.63. The predicted molar refractivity (Wildman–Crippen MR) is 77.3 cm³/mol. The van der Waals surface area contributed by atoms with Crippen molar-refractivity contribution >= 4 is 21.7 Å². The number of nitrogens with zero attached hydrogens (tertiary/aromatic N) is 1. The first-order chi connectivity index (χ1) is 10.3. The molecular formula is C14H19NO6S. The number of furan rings is 1. The van der Waals surface area contributed by atoms with Gasteiger partial charge in [0.1, 0.15) is 0 Å². The molecule has 1 atom stereocenters. The highest BCUT2D eigenvalue weighted by atomic mass is 32.2. The van der Waals surface area contributed by atoms with Gasteiger partial charge in [-0.2, -0.15) is 0 Å². The van der Waals surface area contributed by atoms with Gasteiger partial charge in [0.25, 0.3) is 5.91 Å². The third-order valence-corrected chi connectivity index (χ3v) is 4.68. The number of rotatable bonds is 5. The minimum Gasteiger partial charge on any atom is -0.481 e. The van der Waals surface area contributed by atoms with E-state index >= 15 is 0 Å². The zero-order chi connectivity index (χ0) is 16.3. The SMILES string of the molecule is CS(=O)(=O)c1ccc(C(=O)N2CCCC(CCC(=O)O)C2)o1. The number of hydrogen-bond acceptors (Lipinski definition) is 5. The first kappa shape index (κ1) is 16.5. The van der Waals surface area contributed by atoms with E-state index in [2.05, 4.69) is 0 Å². The number of carboxylic acids is 1. The second-order valence-electron chi connectivity index (χ2n) is 5.58. The smallest absolute Gasteiger partial charge is 0.303 e. The molecule has 1 aliphatic heterocycles. The van der Waals surface area contributed by atoms with Gasteiger partial charge in [-0.3, -0.25) is 9.59 Å². The first-order valence-electron chi connectivity index (χ1n) is 7.08. The van der Waals surface area contributed by atoms with Crippen molar-refractivity contribution in [3.05, 3.63) is 17.9 Å². The third kappa shape index (κ3) is 4.09. The van der Waals surface area contributed by atoms with Gasteiger partial charge < -0.3 is 14.4 Å².